The third-order valence-corrected chi connectivity index (χ3v) is 16.2. The van der Waals surface area contributed by atoms with Crippen LogP contribution in [0.25, 0.3) is 0 Å². The smallest absolute Gasteiger partial charge is 0.487 e. The number of guanidine groups is 2. The van der Waals surface area contributed by atoms with Crippen LogP contribution in [-0.4, -0.2) is 219 Å². The van der Waals surface area contributed by atoms with E-state index >= 15 is 0 Å². The first-order chi connectivity index (χ1) is 33.5. The van der Waals surface area contributed by atoms with E-state index in [-0.39, 0.29) is 17.5 Å². The van der Waals surface area contributed by atoms with Crippen molar-refractivity contribution >= 4 is 85.2 Å². The quantitative estimate of drug-likeness (QED) is 0.0480. The van der Waals surface area contributed by atoms with E-state index in [1.54, 1.807) is 0 Å². The molecule has 1 aromatic rings. The molecule has 0 aliphatic carbocycles. The number of carbonyl (C=O) groups is 2. The number of likely N-dealkylation sites (N-methyl/N-ethyl adjacent to an activating group) is 1. The van der Waals surface area contributed by atoms with Gasteiger partial charge in [0.1, 0.15) is 60.8 Å². The van der Waals surface area contributed by atoms with Gasteiger partial charge in [-0.15, -0.1) is 0 Å². The van der Waals surface area contributed by atoms with Crippen LogP contribution in [0.1, 0.15) is 6.23 Å². The molecular weight excluding hydrogens is 1070 g/mol. The Morgan fingerprint density at radius 1 is 0.750 bits per heavy atom. The molecule has 0 bridgehead atoms. The average molecular weight is 1110 g/mol. The third-order valence-electron chi connectivity index (χ3n) is 11.0. The summed E-state index contributed by atoms with van der Waals surface area (Å²) in [4.78, 5) is 98.5. The van der Waals surface area contributed by atoms with E-state index < -0.39 is 166 Å². The summed E-state index contributed by atoms with van der Waals surface area (Å²) >= 11 is 0. The molecule has 6 unspecified atom stereocenters. The fraction of sp³-hybridized carbons (Fsp3) is 0.600. The predicted octanol–water partition coefficient (Wildman–Crippen LogP) is -7.79. The maximum Gasteiger partial charge on any atom is 0.487 e. The zero-order valence-electron chi connectivity index (χ0n) is 36.0. The molecule has 0 radical (unpaired) electrons. The fourth-order valence-electron chi connectivity index (χ4n) is 7.85. The van der Waals surface area contributed by atoms with Gasteiger partial charge in [-0.2, -0.15) is 24.2 Å². The van der Waals surface area contributed by atoms with Gasteiger partial charge >= 0.3 is 29.2 Å². The molecule has 72 heavy (non-hydrogen) atoms. The summed E-state index contributed by atoms with van der Waals surface area (Å²) in [7, 11) is -22.6. The average Bonchev–Trinajstić information content (AvgIpc) is 4.05. The zero-order chi connectivity index (χ0) is 52.6. The number of amides is 2. The Morgan fingerprint density at radius 2 is 1.31 bits per heavy atom. The van der Waals surface area contributed by atoms with Crippen molar-refractivity contribution in [1.82, 2.24) is 30.0 Å². The number of nitrogens with two attached hydrogens (primary N) is 1. The molecule has 38 nitrogen and oxygen atoms in total. The van der Waals surface area contributed by atoms with Crippen LogP contribution in [-0.2, 0) is 68.8 Å². The number of nitrogens with one attached hydrogen (secondary N) is 4. The van der Waals surface area contributed by atoms with Crippen LogP contribution in [0.4, 0.5) is 5.82 Å². The lowest BCUT2D eigenvalue weighted by atomic mass is 10.1. The summed E-state index contributed by atoms with van der Waals surface area (Å²) in [6.07, 6.45) is -19.2. The standard InChI is InChI=1S/C30H41N13O25P4/c1-40-8-43(22-14(40)24(50)39-29(33)37-22)26-18(47)16(45)10(64-26)5-61-70(54,55)67-72(58,59)68-71(56,57)62-6-11-20(19(48)27(65-11)41-3-2-12(31)35-30(41)51)66-69(52,53)60-4-9-15(44)17(46)25(63-9)42-7-34-13-21(42)36-28(32)38-23(13)49/h2-3,7-11,13-20,25-27,44-48H,4-6H2,1H3,(H9-,31,32,33,35,38,39,49,50,51,52,53,54,55,56,57,58,59)/t9-,10-,11-,13?,14?,15-,16-,17-,18-,19-,20-,25-,26-,27-/m1/s1. The van der Waals surface area contributed by atoms with Crippen LogP contribution in [0.5, 0.6) is 0 Å². The highest BCUT2D eigenvalue weighted by Gasteiger charge is 2.57. The minimum atomic E-state index is -6.30. The lowest BCUT2D eigenvalue weighted by Gasteiger charge is -2.28. The van der Waals surface area contributed by atoms with Gasteiger partial charge in [0.2, 0.25) is 24.5 Å². The number of amidine groups is 2. The topological polar surface area (TPSA) is 550 Å². The molecule has 2 amide bonds. The maximum atomic E-state index is 13.4. The molecule has 3 saturated heterocycles. The van der Waals surface area contributed by atoms with Crippen LogP contribution < -0.4 is 27.0 Å². The van der Waals surface area contributed by atoms with Gasteiger partial charge in [0.25, 0.3) is 31.5 Å². The van der Waals surface area contributed by atoms with Crippen LogP contribution in [0.3, 0.4) is 0 Å². The van der Waals surface area contributed by atoms with Gasteiger partial charge < -0.3 is 69.6 Å². The normalized spacial score (nSPS) is 36.7. The molecule has 14 N–H and O–H groups in total. The summed E-state index contributed by atoms with van der Waals surface area (Å²) in [5.74, 6) is -3.11. The maximum absolute atomic E-state index is 13.4. The molecule has 18 atom stereocenters. The van der Waals surface area contributed by atoms with Crippen molar-refractivity contribution in [1.29, 1.82) is 10.8 Å². The number of phosphoric ester groups is 3. The van der Waals surface area contributed by atoms with E-state index in [4.69, 9.17) is 39.8 Å². The number of aromatic nitrogens is 2. The monoisotopic (exact) mass is 1110 g/mol. The Morgan fingerprint density at radius 3 is 1.94 bits per heavy atom. The number of ether oxygens (including phenoxy) is 3. The van der Waals surface area contributed by atoms with Gasteiger partial charge in [0.05, 0.1) is 33.2 Å². The Kier molecular flexibility index (Phi) is 14.9. The van der Waals surface area contributed by atoms with Crippen molar-refractivity contribution in [2.24, 2.45) is 15.0 Å². The molecule has 0 aromatic carbocycles. The van der Waals surface area contributed by atoms with Gasteiger partial charge in [-0.1, -0.05) is 0 Å². The second-order valence-electron chi connectivity index (χ2n) is 15.9. The van der Waals surface area contributed by atoms with E-state index in [2.05, 4.69) is 48.3 Å². The lowest BCUT2D eigenvalue weighted by Crippen LogP contribution is -2.54. The number of phosphoric acid groups is 4. The van der Waals surface area contributed by atoms with Crippen molar-refractivity contribution < 1.29 is 118 Å². The van der Waals surface area contributed by atoms with Gasteiger partial charge in [-0.05, 0) is 6.07 Å². The van der Waals surface area contributed by atoms with Gasteiger partial charge in [0, 0.05) is 6.20 Å². The molecule has 7 aliphatic heterocycles. The van der Waals surface area contributed by atoms with Crippen molar-refractivity contribution in [3.8, 4) is 0 Å². The van der Waals surface area contributed by atoms with E-state index in [1.807, 2.05) is 0 Å². The van der Waals surface area contributed by atoms with Crippen molar-refractivity contribution in [2.45, 2.75) is 85.7 Å². The second-order valence-corrected chi connectivity index (χ2v) is 21.9. The highest BCUT2D eigenvalue weighted by molar-refractivity contribution is 7.66. The molecule has 7 aliphatic rings. The van der Waals surface area contributed by atoms with Crippen LogP contribution in [0, 0.1) is 10.8 Å². The number of rotatable bonds is 18. The summed E-state index contributed by atoms with van der Waals surface area (Å²) in [5, 5.41) is 73.7. The van der Waals surface area contributed by atoms with Crippen LogP contribution in [0.2, 0.25) is 0 Å². The number of nitrogens with zero attached hydrogens (tertiary/aromatic N) is 8. The summed E-state index contributed by atoms with van der Waals surface area (Å²) in [6.45, 7) is -3.75. The Balaban J connectivity index is 0.885. The SMILES string of the molecule is C[N+]1=CN([C@@H]2O[C@H](COP(=O)([O-])OP(=O)(O)OP(=O)(O)OC[C@H]3O[C@@H](n4ccc(N)nc4=O)[C@H](O)[C@@H]3OP(=O)(O)OC[C@H]3O[C@@H](N4C=NC5C(=O)NC(=N)N=C54)[C@H](O)[C@@H]3O)[C@@H](O)[C@H]2O)C2=NC(=N)NC(=O)C21. The van der Waals surface area contributed by atoms with Gasteiger partial charge in [0.15, 0.2) is 24.3 Å². The van der Waals surface area contributed by atoms with Crippen LogP contribution >= 0.6 is 31.3 Å². The van der Waals surface area contributed by atoms with E-state index in [9.17, 15) is 77.8 Å². The van der Waals surface area contributed by atoms with Crippen LogP contribution in [0.15, 0.2) is 32.0 Å². The van der Waals surface area contributed by atoms with E-state index in [0.717, 1.165) is 28.4 Å². The lowest BCUT2D eigenvalue weighted by molar-refractivity contribution is -0.498. The number of fused-ring (bicyclic) bond motifs is 2. The Bertz CT molecular complexity index is 2800. The summed E-state index contributed by atoms with van der Waals surface area (Å²) in [5.41, 5.74) is 4.34. The molecule has 0 spiro atoms. The number of aliphatic hydroxyl groups excluding tert-OH is 5. The number of hydrogen-bond donors (Lipinski definition) is 13. The van der Waals surface area contributed by atoms with Gasteiger partial charge in [-0.3, -0.25) is 63.6 Å². The second kappa shape index (κ2) is 19.9. The highest BCUT2D eigenvalue weighted by atomic mass is 31.3. The number of carbonyl (C=O) groups excluding carboxylic acids is 2. The molecule has 42 heteroatoms. The first-order valence-electron chi connectivity index (χ1n) is 20.2. The van der Waals surface area contributed by atoms with E-state index in [0.29, 0.717) is 4.57 Å². The third kappa shape index (κ3) is 11.1. The Hall–Kier alpha value is -4.56. The number of nitrogen functional groups attached to an aromatic ring is 1. The predicted molar refractivity (Wildman–Crippen MR) is 225 cm³/mol. The fourth-order valence-corrected chi connectivity index (χ4v) is 12.3. The molecule has 0 saturated carbocycles. The van der Waals surface area contributed by atoms with Crippen molar-refractivity contribution in [3.63, 3.8) is 0 Å². The molecule has 3 fully saturated rings. The Labute approximate surface area is 400 Å². The highest BCUT2D eigenvalue weighted by Crippen LogP contribution is 2.67. The summed E-state index contributed by atoms with van der Waals surface area (Å²) < 4.78 is 97.5. The molecule has 1 aromatic heterocycles. The van der Waals surface area contributed by atoms with E-state index in [1.165, 1.54) is 18.0 Å². The van der Waals surface area contributed by atoms with Crippen molar-refractivity contribution in [3.05, 3.63) is 22.7 Å². The molecule has 396 valence electrons. The number of aliphatic imine (C=N–C) groups is 3. The number of anilines is 1. The number of aliphatic hydroxyl groups is 5. The first kappa shape index (κ1) is 53.7. The first-order valence-corrected chi connectivity index (χ1v) is 26.2. The molecular formula is C30H41N13O25P4. The van der Waals surface area contributed by atoms with Gasteiger partial charge in [-0.25, -0.2) is 27.4 Å². The number of hydrogen-bond acceptors (Lipinski definition) is 29. The summed E-state index contributed by atoms with van der Waals surface area (Å²) in [6, 6.07) is -1.26. The minimum absolute atomic E-state index is 0.109. The zero-order valence-corrected chi connectivity index (χ0v) is 39.6. The molecule has 8 heterocycles. The van der Waals surface area contributed by atoms with Crippen molar-refractivity contribution in [2.75, 3.05) is 32.6 Å². The largest absolute Gasteiger partial charge is 0.756 e. The molecule has 8 rings (SSSR count). The minimum Gasteiger partial charge on any atom is -0.756 e.